The van der Waals surface area contributed by atoms with Crippen molar-refractivity contribution >= 4 is 0 Å². The van der Waals surface area contributed by atoms with E-state index in [1.54, 1.807) is 0 Å². The fraction of sp³-hybridized carbons (Fsp3) is 0.571. The van der Waals surface area contributed by atoms with Crippen LogP contribution in [0, 0.1) is 0 Å². The first-order chi connectivity index (χ1) is 7.76. The van der Waals surface area contributed by atoms with Gasteiger partial charge in [0.1, 0.15) is 5.75 Å². The van der Waals surface area contributed by atoms with Crippen LogP contribution in [0.15, 0.2) is 18.2 Å². The number of nitrogens with one attached hydrogen (secondary N) is 1. The van der Waals surface area contributed by atoms with Crippen molar-refractivity contribution in [3.63, 3.8) is 0 Å². The van der Waals surface area contributed by atoms with Crippen molar-refractivity contribution in [1.82, 2.24) is 5.32 Å². The third-order valence-electron chi connectivity index (χ3n) is 3.51. The van der Waals surface area contributed by atoms with E-state index in [0.29, 0.717) is 12.0 Å². The molecule has 0 spiro atoms. The molecule has 2 rings (SSSR count). The van der Waals surface area contributed by atoms with Crippen LogP contribution in [0.3, 0.4) is 0 Å². The zero-order chi connectivity index (χ0) is 11.5. The molecule has 1 aliphatic heterocycles. The Bertz CT molecular complexity index is 362. The minimum absolute atomic E-state index is 0.601. The summed E-state index contributed by atoms with van der Waals surface area (Å²) in [5.74, 6) is 1.59. The molecule has 0 fully saturated rings. The minimum Gasteiger partial charge on any atom is -0.494 e. The van der Waals surface area contributed by atoms with Gasteiger partial charge in [-0.15, -0.1) is 0 Å². The summed E-state index contributed by atoms with van der Waals surface area (Å²) in [4.78, 5) is 0. The first-order valence-corrected chi connectivity index (χ1v) is 6.25. The fourth-order valence-corrected chi connectivity index (χ4v) is 2.57. The molecule has 0 radical (unpaired) electrons. The molecule has 88 valence electrons. The van der Waals surface area contributed by atoms with Gasteiger partial charge in [0.05, 0.1) is 6.61 Å². The maximum atomic E-state index is 5.53. The molecule has 2 atom stereocenters. The second-order valence-corrected chi connectivity index (χ2v) is 4.48. The molecule has 1 aliphatic rings. The molecule has 0 aliphatic carbocycles. The standard InChI is InChI=1S/C14H21NO/c1-4-14-10(3)13-7-6-12(16-5-2)8-11(13)9-15-14/h6-8,10,14-15H,4-5,9H2,1-3H3. The topological polar surface area (TPSA) is 21.3 Å². The van der Waals surface area contributed by atoms with Gasteiger partial charge in [0.15, 0.2) is 0 Å². The van der Waals surface area contributed by atoms with Gasteiger partial charge in [-0.25, -0.2) is 0 Å². The van der Waals surface area contributed by atoms with E-state index in [2.05, 4.69) is 37.4 Å². The van der Waals surface area contributed by atoms with Gasteiger partial charge in [-0.1, -0.05) is 19.9 Å². The zero-order valence-corrected chi connectivity index (χ0v) is 10.4. The van der Waals surface area contributed by atoms with Gasteiger partial charge in [-0.2, -0.15) is 0 Å². The third-order valence-corrected chi connectivity index (χ3v) is 3.51. The number of hydrogen-bond acceptors (Lipinski definition) is 2. The van der Waals surface area contributed by atoms with Crippen LogP contribution in [-0.2, 0) is 6.54 Å². The summed E-state index contributed by atoms with van der Waals surface area (Å²) >= 11 is 0. The van der Waals surface area contributed by atoms with Gasteiger partial charge < -0.3 is 10.1 Å². The average Bonchev–Trinajstić information content (AvgIpc) is 2.30. The van der Waals surface area contributed by atoms with E-state index in [1.807, 2.05) is 6.92 Å². The molecule has 2 nitrogen and oxygen atoms in total. The van der Waals surface area contributed by atoms with E-state index in [-0.39, 0.29) is 0 Å². The van der Waals surface area contributed by atoms with E-state index in [1.165, 1.54) is 17.5 Å². The van der Waals surface area contributed by atoms with Gasteiger partial charge in [0, 0.05) is 12.6 Å². The Morgan fingerprint density at radius 2 is 2.19 bits per heavy atom. The largest absolute Gasteiger partial charge is 0.494 e. The normalized spacial score (nSPS) is 23.9. The van der Waals surface area contributed by atoms with Crippen molar-refractivity contribution in [2.24, 2.45) is 0 Å². The number of rotatable bonds is 3. The molecule has 0 saturated carbocycles. The Kier molecular flexibility index (Phi) is 3.49. The first-order valence-electron chi connectivity index (χ1n) is 6.25. The SMILES string of the molecule is CCOc1ccc2c(c1)CNC(CC)C2C. The molecule has 16 heavy (non-hydrogen) atoms. The molecule has 0 amide bonds. The van der Waals surface area contributed by atoms with Crippen molar-refractivity contribution in [1.29, 1.82) is 0 Å². The van der Waals surface area contributed by atoms with Crippen LogP contribution in [0.4, 0.5) is 0 Å². The molecular weight excluding hydrogens is 198 g/mol. The van der Waals surface area contributed by atoms with Crippen molar-refractivity contribution in [2.75, 3.05) is 6.61 Å². The first kappa shape index (κ1) is 11.5. The molecule has 1 N–H and O–H groups in total. The molecule has 0 saturated heterocycles. The van der Waals surface area contributed by atoms with Crippen LogP contribution in [0.5, 0.6) is 5.75 Å². The summed E-state index contributed by atoms with van der Waals surface area (Å²) in [6.07, 6.45) is 1.19. The summed E-state index contributed by atoms with van der Waals surface area (Å²) in [7, 11) is 0. The maximum absolute atomic E-state index is 5.53. The van der Waals surface area contributed by atoms with Gasteiger partial charge in [-0.05, 0) is 42.5 Å². The lowest BCUT2D eigenvalue weighted by atomic mass is 9.85. The van der Waals surface area contributed by atoms with Gasteiger partial charge in [0.2, 0.25) is 0 Å². The average molecular weight is 219 g/mol. The Labute approximate surface area is 98.0 Å². The molecule has 1 heterocycles. The van der Waals surface area contributed by atoms with Crippen LogP contribution in [-0.4, -0.2) is 12.6 Å². The summed E-state index contributed by atoms with van der Waals surface area (Å²) in [5, 5.41) is 3.59. The Balaban J connectivity index is 2.26. The third kappa shape index (κ3) is 2.07. The highest BCUT2D eigenvalue weighted by atomic mass is 16.5. The second kappa shape index (κ2) is 4.88. The zero-order valence-electron chi connectivity index (χ0n) is 10.4. The van der Waals surface area contributed by atoms with Crippen molar-refractivity contribution < 1.29 is 4.74 Å². The molecule has 2 heteroatoms. The van der Waals surface area contributed by atoms with E-state index in [9.17, 15) is 0 Å². The van der Waals surface area contributed by atoms with Crippen molar-refractivity contribution in [3.05, 3.63) is 29.3 Å². The highest BCUT2D eigenvalue weighted by Crippen LogP contribution is 2.31. The summed E-state index contributed by atoms with van der Waals surface area (Å²) < 4.78 is 5.53. The lowest BCUT2D eigenvalue weighted by Crippen LogP contribution is -2.37. The summed E-state index contributed by atoms with van der Waals surface area (Å²) in [5.41, 5.74) is 2.87. The molecule has 1 aromatic rings. The Morgan fingerprint density at radius 1 is 1.38 bits per heavy atom. The van der Waals surface area contributed by atoms with E-state index >= 15 is 0 Å². The van der Waals surface area contributed by atoms with E-state index in [0.717, 1.165) is 18.9 Å². The van der Waals surface area contributed by atoms with Crippen LogP contribution in [0.25, 0.3) is 0 Å². The van der Waals surface area contributed by atoms with Crippen molar-refractivity contribution in [3.8, 4) is 5.75 Å². The monoisotopic (exact) mass is 219 g/mol. The smallest absolute Gasteiger partial charge is 0.119 e. The highest BCUT2D eigenvalue weighted by Gasteiger charge is 2.24. The van der Waals surface area contributed by atoms with Crippen molar-refractivity contribution in [2.45, 2.75) is 45.7 Å². The molecule has 2 unspecified atom stereocenters. The molecule has 1 aromatic carbocycles. The fourth-order valence-electron chi connectivity index (χ4n) is 2.57. The van der Waals surface area contributed by atoms with E-state index < -0.39 is 0 Å². The van der Waals surface area contributed by atoms with E-state index in [4.69, 9.17) is 4.74 Å². The van der Waals surface area contributed by atoms with Crippen LogP contribution in [0.1, 0.15) is 44.2 Å². The number of benzene rings is 1. The molecule has 0 aromatic heterocycles. The highest BCUT2D eigenvalue weighted by molar-refractivity contribution is 5.39. The summed E-state index contributed by atoms with van der Waals surface area (Å²) in [6, 6.07) is 7.12. The number of ether oxygens (including phenoxy) is 1. The lowest BCUT2D eigenvalue weighted by molar-refractivity contribution is 0.338. The molecular formula is C14H21NO. The maximum Gasteiger partial charge on any atom is 0.119 e. The van der Waals surface area contributed by atoms with Crippen LogP contribution < -0.4 is 10.1 Å². The Hall–Kier alpha value is -1.02. The quantitative estimate of drug-likeness (QED) is 0.843. The van der Waals surface area contributed by atoms with Gasteiger partial charge in [-0.3, -0.25) is 0 Å². The second-order valence-electron chi connectivity index (χ2n) is 4.48. The van der Waals surface area contributed by atoms with Crippen LogP contribution in [0.2, 0.25) is 0 Å². The molecule has 0 bridgehead atoms. The van der Waals surface area contributed by atoms with Gasteiger partial charge in [0.25, 0.3) is 0 Å². The predicted octanol–water partition coefficient (Wildman–Crippen LogP) is 3.07. The number of fused-ring (bicyclic) bond motifs is 1. The predicted molar refractivity (Wildman–Crippen MR) is 66.9 cm³/mol. The lowest BCUT2D eigenvalue weighted by Gasteiger charge is -2.32. The van der Waals surface area contributed by atoms with Crippen LogP contribution >= 0.6 is 0 Å². The number of hydrogen-bond donors (Lipinski definition) is 1. The minimum atomic E-state index is 0.601. The Morgan fingerprint density at radius 3 is 2.88 bits per heavy atom. The summed E-state index contributed by atoms with van der Waals surface area (Å²) in [6.45, 7) is 8.28. The van der Waals surface area contributed by atoms with Gasteiger partial charge >= 0.3 is 0 Å².